The lowest BCUT2D eigenvalue weighted by Gasteiger charge is -2.10. The van der Waals surface area contributed by atoms with Crippen molar-refractivity contribution < 1.29 is 4.79 Å². The number of hydrogen-bond donors (Lipinski definition) is 2. The number of carbonyl (C=O) groups is 1. The summed E-state index contributed by atoms with van der Waals surface area (Å²) in [6.07, 6.45) is 4.54. The fourth-order valence-corrected chi connectivity index (χ4v) is 5.75. The van der Waals surface area contributed by atoms with Gasteiger partial charge in [-0.1, -0.05) is 41.0 Å². The number of fused-ring (bicyclic) bond motifs is 3. The molecule has 0 saturated heterocycles. The fraction of sp³-hybridized carbons (Fsp3) is 0.316. The van der Waals surface area contributed by atoms with Gasteiger partial charge in [0.05, 0.1) is 11.1 Å². The van der Waals surface area contributed by atoms with E-state index in [1.165, 1.54) is 35.0 Å². The number of nitrogens with zero attached hydrogens (tertiary/aromatic N) is 2. The average Bonchev–Trinajstić information content (AvgIpc) is 3.04. The van der Waals surface area contributed by atoms with Gasteiger partial charge in [0.2, 0.25) is 5.91 Å². The minimum atomic E-state index is -0.122. The van der Waals surface area contributed by atoms with E-state index in [9.17, 15) is 4.79 Å². The van der Waals surface area contributed by atoms with Gasteiger partial charge in [-0.2, -0.15) is 0 Å². The van der Waals surface area contributed by atoms with Crippen LogP contribution in [0.5, 0.6) is 0 Å². The van der Waals surface area contributed by atoms with Crippen LogP contribution in [0.15, 0.2) is 23.4 Å². The molecule has 3 aromatic rings. The van der Waals surface area contributed by atoms with Crippen molar-refractivity contribution in [2.45, 2.75) is 37.4 Å². The largest absolute Gasteiger partial charge is 0.383 e. The molecule has 1 aromatic carbocycles. The summed E-state index contributed by atoms with van der Waals surface area (Å²) < 4.78 is 0. The number of nitrogens with two attached hydrogens (primary N) is 1. The Morgan fingerprint density at radius 1 is 1.25 bits per heavy atom. The quantitative estimate of drug-likeness (QED) is 0.426. The first-order valence-corrected chi connectivity index (χ1v) is 11.5. The number of rotatable bonds is 5. The molecule has 28 heavy (non-hydrogen) atoms. The van der Waals surface area contributed by atoms with E-state index in [0.29, 0.717) is 27.6 Å². The van der Waals surface area contributed by atoms with E-state index in [4.69, 9.17) is 28.9 Å². The molecular formula is C19H18Cl2N4OS2. The van der Waals surface area contributed by atoms with Crippen LogP contribution in [-0.2, 0) is 24.2 Å². The smallest absolute Gasteiger partial charge is 0.230 e. The number of thioether (sulfide) groups is 1. The molecule has 0 aliphatic heterocycles. The number of hydrogen-bond acceptors (Lipinski definition) is 6. The van der Waals surface area contributed by atoms with Crippen LogP contribution in [-0.4, -0.2) is 21.6 Å². The summed E-state index contributed by atoms with van der Waals surface area (Å²) in [6.45, 7) is 0.342. The predicted molar refractivity (Wildman–Crippen MR) is 118 cm³/mol. The van der Waals surface area contributed by atoms with Crippen LogP contribution in [0.2, 0.25) is 10.0 Å². The Hall–Kier alpha value is -1.54. The Morgan fingerprint density at radius 2 is 2.07 bits per heavy atom. The first kappa shape index (κ1) is 19.8. The Labute approximate surface area is 181 Å². The van der Waals surface area contributed by atoms with Crippen LogP contribution in [0.1, 0.15) is 28.8 Å². The molecule has 0 saturated carbocycles. The third-order valence-corrected chi connectivity index (χ3v) is 7.27. The van der Waals surface area contributed by atoms with Gasteiger partial charge in [0.15, 0.2) is 5.16 Å². The Balaban J connectivity index is 1.40. The van der Waals surface area contributed by atoms with Gasteiger partial charge >= 0.3 is 0 Å². The molecule has 0 fully saturated rings. The SMILES string of the molecule is Nc1nc(SCC(=O)NCc2ccc(Cl)cc2Cl)nc2sc3c(c12)CCCC3. The normalized spacial score (nSPS) is 13.5. The molecule has 1 amide bonds. The Morgan fingerprint density at radius 3 is 2.89 bits per heavy atom. The van der Waals surface area contributed by atoms with Crippen LogP contribution in [0, 0.1) is 0 Å². The summed E-state index contributed by atoms with van der Waals surface area (Å²) in [4.78, 5) is 23.5. The third-order valence-electron chi connectivity index (χ3n) is 4.65. The molecule has 0 spiro atoms. The van der Waals surface area contributed by atoms with Crippen molar-refractivity contribution in [1.29, 1.82) is 0 Å². The van der Waals surface area contributed by atoms with Crippen molar-refractivity contribution in [1.82, 2.24) is 15.3 Å². The van der Waals surface area contributed by atoms with Crippen molar-refractivity contribution in [2.24, 2.45) is 0 Å². The molecule has 9 heteroatoms. The molecule has 5 nitrogen and oxygen atoms in total. The Bertz CT molecular complexity index is 1050. The standard InChI is InChI=1S/C19H18Cl2N4OS2/c20-11-6-5-10(13(21)7-11)8-23-15(26)9-27-19-24-17(22)16-12-3-1-2-4-14(12)28-18(16)25-19/h5-7H,1-4,8-9H2,(H,23,26)(H2,22,24,25). The number of nitrogen functional groups attached to an aromatic ring is 1. The van der Waals surface area contributed by atoms with Crippen molar-refractivity contribution >= 4 is 68.2 Å². The molecule has 146 valence electrons. The first-order chi connectivity index (χ1) is 13.5. The molecule has 1 aliphatic carbocycles. The van der Waals surface area contributed by atoms with Crippen molar-refractivity contribution in [3.63, 3.8) is 0 Å². The third kappa shape index (κ3) is 4.22. The van der Waals surface area contributed by atoms with E-state index < -0.39 is 0 Å². The van der Waals surface area contributed by atoms with Gasteiger partial charge in [-0.25, -0.2) is 9.97 Å². The molecule has 0 radical (unpaired) electrons. The minimum Gasteiger partial charge on any atom is -0.383 e. The molecular weight excluding hydrogens is 435 g/mol. The monoisotopic (exact) mass is 452 g/mol. The topological polar surface area (TPSA) is 80.9 Å². The minimum absolute atomic E-state index is 0.122. The number of benzene rings is 1. The van der Waals surface area contributed by atoms with E-state index in [0.717, 1.165) is 28.6 Å². The highest BCUT2D eigenvalue weighted by molar-refractivity contribution is 7.99. The van der Waals surface area contributed by atoms with Crippen molar-refractivity contribution in [3.8, 4) is 0 Å². The maximum absolute atomic E-state index is 12.2. The van der Waals surface area contributed by atoms with Crippen molar-refractivity contribution in [3.05, 3.63) is 44.2 Å². The van der Waals surface area contributed by atoms with Crippen molar-refractivity contribution in [2.75, 3.05) is 11.5 Å². The molecule has 1 aliphatic rings. The molecule has 0 unspecified atom stereocenters. The van der Waals surface area contributed by atoms with E-state index >= 15 is 0 Å². The van der Waals surface area contributed by atoms with Gasteiger partial charge in [-0.15, -0.1) is 11.3 Å². The van der Waals surface area contributed by atoms with Gasteiger partial charge in [-0.3, -0.25) is 4.79 Å². The van der Waals surface area contributed by atoms with E-state index in [2.05, 4.69) is 15.3 Å². The highest BCUT2D eigenvalue weighted by Crippen LogP contribution is 2.38. The molecule has 2 heterocycles. The lowest BCUT2D eigenvalue weighted by atomic mass is 9.97. The number of anilines is 1. The second-order valence-electron chi connectivity index (χ2n) is 6.58. The van der Waals surface area contributed by atoms with E-state index in [1.807, 2.05) is 0 Å². The zero-order valence-corrected chi connectivity index (χ0v) is 18.1. The summed E-state index contributed by atoms with van der Waals surface area (Å²) in [7, 11) is 0. The summed E-state index contributed by atoms with van der Waals surface area (Å²) in [6, 6.07) is 5.20. The highest BCUT2D eigenvalue weighted by Gasteiger charge is 2.20. The summed E-state index contributed by atoms with van der Waals surface area (Å²) in [5, 5.41) is 5.48. The van der Waals surface area contributed by atoms with Gasteiger partial charge in [0.25, 0.3) is 0 Å². The summed E-state index contributed by atoms with van der Waals surface area (Å²) in [5.74, 6) is 0.602. The molecule has 0 bridgehead atoms. The van der Waals surface area contributed by atoms with Crippen LogP contribution >= 0.6 is 46.3 Å². The van der Waals surface area contributed by atoms with Gasteiger partial charge in [-0.05, 0) is 48.9 Å². The molecule has 4 rings (SSSR count). The maximum Gasteiger partial charge on any atom is 0.230 e. The molecule has 3 N–H and O–H groups in total. The Kier molecular flexibility index (Phi) is 5.96. The van der Waals surface area contributed by atoms with Crippen LogP contribution in [0.4, 0.5) is 5.82 Å². The van der Waals surface area contributed by atoms with E-state index in [1.54, 1.807) is 29.5 Å². The van der Waals surface area contributed by atoms with Crippen LogP contribution in [0.3, 0.4) is 0 Å². The number of thiophene rings is 1. The van der Waals surface area contributed by atoms with Gasteiger partial charge in [0.1, 0.15) is 10.6 Å². The number of aryl methyl sites for hydroxylation is 2. The summed E-state index contributed by atoms with van der Waals surface area (Å²) >= 11 is 15.0. The van der Waals surface area contributed by atoms with E-state index in [-0.39, 0.29) is 11.7 Å². The summed E-state index contributed by atoms with van der Waals surface area (Å²) in [5.41, 5.74) is 8.34. The second kappa shape index (κ2) is 8.45. The number of nitrogens with one attached hydrogen (secondary N) is 1. The van der Waals surface area contributed by atoms with Crippen LogP contribution < -0.4 is 11.1 Å². The lowest BCUT2D eigenvalue weighted by Crippen LogP contribution is -2.24. The average molecular weight is 453 g/mol. The fourth-order valence-electron chi connectivity index (χ4n) is 3.27. The molecule has 0 atom stereocenters. The predicted octanol–water partition coefficient (Wildman–Crippen LogP) is 4.87. The zero-order chi connectivity index (χ0) is 19.7. The highest BCUT2D eigenvalue weighted by atomic mass is 35.5. The lowest BCUT2D eigenvalue weighted by molar-refractivity contribution is -0.118. The zero-order valence-electron chi connectivity index (χ0n) is 14.9. The number of halogens is 2. The second-order valence-corrected chi connectivity index (χ2v) is 9.45. The first-order valence-electron chi connectivity index (χ1n) is 8.92. The number of aromatic nitrogens is 2. The number of amides is 1. The van der Waals surface area contributed by atoms with Crippen LogP contribution in [0.25, 0.3) is 10.2 Å². The van der Waals surface area contributed by atoms with Gasteiger partial charge < -0.3 is 11.1 Å². The number of carbonyl (C=O) groups excluding carboxylic acids is 1. The van der Waals surface area contributed by atoms with Gasteiger partial charge in [0, 0.05) is 21.5 Å². The maximum atomic E-state index is 12.2. The molecule has 2 aromatic heterocycles.